The number of rotatable bonds is 8. The zero-order valence-corrected chi connectivity index (χ0v) is 23.4. The van der Waals surface area contributed by atoms with Gasteiger partial charge < -0.3 is 20.6 Å². The second-order valence-electron chi connectivity index (χ2n) is 10.6. The molecule has 40 heavy (non-hydrogen) atoms. The minimum absolute atomic E-state index is 0.196. The minimum atomic E-state index is -5.05. The SMILES string of the molecule is CCC(C)(Nc1cc(C(F)(F)F)c(-c2sc(C(=O)NCC(C)(C)O)nc2C(=O)N2CCC[C@@H]2C)cn1)C(F)(F)F. The van der Waals surface area contributed by atoms with E-state index >= 15 is 0 Å². The molecule has 3 heterocycles. The van der Waals surface area contributed by atoms with Crippen molar-refractivity contribution in [2.75, 3.05) is 18.4 Å². The number of alkyl halides is 6. The maximum atomic E-state index is 14.3. The van der Waals surface area contributed by atoms with E-state index in [0.717, 1.165) is 13.1 Å². The molecule has 0 radical (unpaired) electrons. The van der Waals surface area contributed by atoms with E-state index in [1.807, 2.05) is 0 Å². The monoisotopic (exact) mass is 595 g/mol. The third kappa shape index (κ3) is 6.85. The van der Waals surface area contributed by atoms with Gasteiger partial charge in [-0.25, -0.2) is 9.97 Å². The molecule has 222 valence electrons. The summed E-state index contributed by atoms with van der Waals surface area (Å²) in [6.45, 7) is 6.84. The van der Waals surface area contributed by atoms with Crippen LogP contribution in [0.1, 0.15) is 79.7 Å². The number of anilines is 1. The number of hydrogen-bond acceptors (Lipinski definition) is 7. The van der Waals surface area contributed by atoms with Crippen LogP contribution >= 0.6 is 11.3 Å². The van der Waals surface area contributed by atoms with Crippen molar-refractivity contribution in [3.8, 4) is 10.4 Å². The predicted octanol–water partition coefficient (Wildman–Crippen LogP) is 5.49. The summed E-state index contributed by atoms with van der Waals surface area (Å²) in [6, 6.07) is 0.241. The molecule has 1 fully saturated rings. The molecule has 3 rings (SSSR count). The van der Waals surface area contributed by atoms with Gasteiger partial charge in [-0.1, -0.05) is 6.92 Å². The first-order chi connectivity index (χ1) is 18.3. The number of amides is 2. The molecule has 1 aliphatic rings. The number of nitrogens with one attached hydrogen (secondary N) is 2. The topological polar surface area (TPSA) is 107 Å². The van der Waals surface area contributed by atoms with Crippen molar-refractivity contribution >= 4 is 29.0 Å². The maximum absolute atomic E-state index is 14.3. The lowest BCUT2D eigenvalue weighted by atomic mass is 9.98. The number of pyridine rings is 1. The van der Waals surface area contributed by atoms with Crippen molar-refractivity contribution in [2.24, 2.45) is 0 Å². The Morgan fingerprint density at radius 1 is 1.18 bits per heavy atom. The Kier molecular flexibility index (Phi) is 8.80. The number of halogens is 6. The largest absolute Gasteiger partial charge is 0.417 e. The van der Waals surface area contributed by atoms with Gasteiger partial charge in [0.25, 0.3) is 11.8 Å². The Bertz CT molecular complexity index is 1260. The summed E-state index contributed by atoms with van der Waals surface area (Å²) < 4.78 is 83.6. The van der Waals surface area contributed by atoms with Crippen LogP contribution in [0.5, 0.6) is 0 Å². The van der Waals surface area contributed by atoms with Gasteiger partial charge in [0.15, 0.2) is 5.01 Å². The normalized spacial score (nSPS) is 18.0. The van der Waals surface area contributed by atoms with Gasteiger partial charge in [0.2, 0.25) is 0 Å². The summed E-state index contributed by atoms with van der Waals surface area (Å²) in [6.07, 6.45) is -8.23. The first-order valence-electron chi connectivity index (χ1n) is 12.5. The van der Waals surface area contributed by atoms with Crippen LogP contribution in [0.25, 0.3) is 10.4 Å². The van der Waals surface area contributed by atoms with E-state index in [4.69, 9.17) is 0 Å². The fraction of sp³-hybridized carbons (Fsp3) is 0.600. The van der Waals surface area contributed by atoms with Crippen LogP contribution in [0, 0.1) is 0 Å². The van der Waals surface area contributed by atoms with Gasteiger partial charge >= 0.3 is 12.4 Å². The fourth-order valence-corrected chi connectivity index (χ4v) is 5.07. The van der Waals surface area contributed by atoms with Crippen molar-refractivity contribution in [2.45, 2.75) is 83.4 Å². The molecule has 1 aliphatic heterocycles. The number of hydrogen-bond donors (Lipinski definition) is 3. The lowest BCUT2D eigenvalue weighted by Crippen LogP contribution is -2.48. The Hall–Kier alpha value is -2.94. The summed E-state index contributed by atoms with van der Waals surface area (Å²) in [5.41, 5.74) is -6.18. The van der Waals surface area contributed by atoms with Crippen molar-refractivity contribution in [3.05, 3.63) is 28.5 Å². The highest BCUT2D eigenvalue weighted by Crippen LogP contribution is 2.43. The van der Waals surface area contributed by atoms with Gasteiger partial charge in [-0.05, 0) is 53.0 Å². The molecule has 2 aromatic heterocycles. The van der Waals surface area contributed by atoms with Gasteiger partial charge in [-0.2, -0.15) is 26.3 Å². The lowest BCUT2D eigenvalue weighted by molar-refractivity contribution is -0.174. The van der Waals surface area contributed by atoms with Gasteiger partial charge in [0.1, 0.15) is 17.1 Å². The average molecular weight is 596 g/mol. The van der Waals surface area contributed by atoms with Crippen LogP contribution in [0.2, 0.25) is 0 Å². The summed E-state index contributed by atoms with van der Waals surface area (Å²) in [7, 11) is 0. The predicted molar refractivity (Wildman–Crippen MR) is 137 cm³/mol. The Balaban J connectivity index is 2.15. The van der Waals surface area contributed by atoms with Crippen LogP contribution in [-0.4, -0.2) is 68.2 Å². The molecule has 0 bridgehead atoms. The summed E-state index contributed by atoms with van der Waals surface area (Å²) in [4.78, 5) is 35.3. The highest BCUT2D eigenvalue weighted by atomic mass is 32.1. The van der Waals surface area contributed by atoms with Gasteiger partial charge in [0, 0.05) is 30.9 Å². The first-order valence-corrected chi connectivity index (χ1v) is 13.3. The van der Waals surface area contributed by atoms with E-state index in [1.165, 1.54) is 25.7 Å². The highest BCUT2D eigenvalue weighted by molar-refractivity contribution is 7.17. The zero-order valence-electron chi connectivity index (χ0n) is 22.5. The molecule has 2 aromatic rings. The van der Waals surface area contributed by atoms with Gasteiger partial charge in [0.05, 0.1) is 16.0 Å². The molecular weight excluding hydrogens is 564 g/mol. The van der Waals surface area contributed by atoms with Gasteiger partial charge in [-0.3, -0.25) is 9.59 Å². The van der Waals surface area contributed by atoms with Crippen molar-refractivity contribution in [1.29, 1.82) is 0 Å². The highest BCUT2D eigenvalue weighted by Gasteiger charge is 2.50. The lowest BCUT2D eigenvalue weighted by Gasteiger charge is -2.32. The summed E-state index contributed by atoms with van der Waals surface area (Å²) in [5, 5.41) is 14.1. The molecule has 0 aromatic carbocycles. The first kappa shape index (κ1) is 31.6. The van der Waals surface area contributed by atoms with Crippen LogP contribution in [0.3, 0.4) is 0 Å². The quantitative estimate of drug-likeness (QED) is 0.349. The Morgan fingerprint density at radius 3 is 2.33 bits per heavy atom. The van der Waals surface area contributed by atoms with Crippen LogP contribution in [0.4, 0.5) is 32.2 Å². The molecule has 0 saturated carbocycles. The van der Waals surface area contributed by atoms with Crippen LogP contribution < -0.4 is 10.6 Å². The van der Waals surface area contributed by atoms with Crippen LogP contribution in [-0.2, 0) is 6.18 Å². The number of nitrogens with zero attached hydrogens (tertiary/aromatic N) is 3. The van der Waals surface area contributed by atoms with Gasteiger partial charge in [-0.15, -0.1) is 11.3 Å². The molecule has 1 unspecified atom stereocenters. The van der Waals surface area contributed by atoms with E-state index in [9.17, 15) is 41.0 Å². The standard InChI is InChI=1S/C25H31F6N5O3S/c1-6-23(5,25(29,30)31)35-16-10-15(24(26,27)28)14(11-32-16)18-17(21(38)36-9-7-8-13(36)2)34-20(40-18)19(37)33-12-22(3,4)39/h10-11,13,39H,6-9,12H2,1-5H3,(H,32,35)(H,33,37)/t13-,23?/m0/s1. The Labute approximate surface area is 231 Å². The maximum Gasteiger partial charge on any atom is 0.417 e. The summed E-state index contributed by atoms with van der Waals surface area (Å²) >= 11 is 0.525. The van der Waals surface area contributed by atoms with Crippen molar-refractivity contribution in [3.63, 3.8) is 0 Å². The van der Waals surface area contributed by atoms with E-state index < -0.39 is 64.4 Å². The molecular formula is C25H31F6N5O3S. The fourth-order valence-electron chi connectivity index (χ4n) is 4.07. The smallest absolute Gasteiger partial charge is 0.389 e. The number of aliphatic hydroxyl groups is 1. The van der Waals surface area contributed by atoms with E-state index in [2.05, 4.69) is 20.6 Å². The molecule has 2 amide bonds. The number of carbonyl (C=O) groups is 2. The molecule has 1 saturated heterocycles. The van der Waals surface area contributed by atoms with Crippen molar-refractivity contribution < 1.29 is 41.0 Å². The number of aromatic nitrogens is 2. The molecule has 0 spiro atoms. The minimum Gasteiger partial charge on any atom is -0.389 e. The molecule has 0 aliphatic carbocycles. The molecule has 3 N–H and O–H groups in total. The van der Waals surface area contributed by atoms with Crippen LogP contribution in [0.15, 0.2) is 12.3 Å². The average Bonchev–Trinajstić information content (AvgIpc) is 3.47. The van der Waals surface area contributed by atoms with E-state index in [-0.39, 0.29) is 22.5 Å². The van der Waals surface area contributed by atoms with E-state index in [0.29, 0.717) is 36.8 Å². The molecule has 2 atom stereocenters. The second kappa shape index (κ2) is 11.1. The van der Waals surface area contributed by atoms with Crippen molar-refractivity contribution in [1.82, 2.24) is 20.2 Å². The number of thiazole rings is 1. The molecule has 15 heteroatoms. The third-order valence-corrected chi connectivity index (χ3v) is 7.80. The number of likely N-dealkylation sites (tertiary alicyclic amines) is 1. The van der Waals surface area contributed by atoms with E-state index in [1.54, 1.807) is 6.92 Å². The third-order valence-electron chi connectivity index (χ3n) is 6.71. The second-order valence-corrected chi connectivity index (χ2v) is 11.6. The number of carbonyl (C=O) groups excluding carboxylic acids is 2. The molecule has 8 nitrogen and oxygen atoms in total. The zero-order chi connectivity index (χ0) is 30.3. The Morgan fingerprint density at radius 2 is 1.82 bits per heavy atom. The summed E-state index contributed by atoms with van der Waals surface area (Å²) in [5.74, 6) is -2.15.